The fourth-order valence-corrected chi connectivity index (χ4v) is 4.72. The van der Waals surface area contributed by atoms with Crippen molar-refractivity contribution >= 4 is 28.2 Å². The Balaban J connectivity index is 1.68. The van der Waals surface area contributed by atoms with Gasteiger partial charge in [-0.05, 0) is 45.1 Å². The molecule has 1 heterocycles. The van der Waals surface area contributed by atoms with Gasteiger partial charge in [-0.25, -0.2) is 4.79 Å². The van der Waals surface area contributed by atoms with Gasteiger partial charge in [0.25, 0.3) is 5.91 Å². The lowest BCUT2D eigenvalue weighted by Gasteiger charge is -2.13. The third kappa shape index (κ3) is 4.76. The van der Waals surface area contributed by atoms with Crippen LogP contribution in [0.2, 0.25) is 0 Å². The van der Waals surface area contributed by atoms with Crippen LogP contribution in [0.4, 0.5) is 5.00 Å². The third-order valence-electron chi connectivity index (χ3n) is 4.89. The highest BCUT2D eigenvalue weighted by atomic mass is 32.1. The van der Waals surface area contributed by atoms with E-state index in [4.69, 9.17) is 4.74 Å². The highest BCUT2D eigenvalue weighted by molar-refractivity contribution is 7.17. The van der Waals surface area contributed by atoms with E-state index in [9.17, 15) is 9.59 Å². The predicted octanol–water partition coefficient (Wildman–Crippen LogP) is 3.07. The van der Waals surface area contributed by atoms with E-state index < -0.39 is 0 Å². The molecule has 0 bridgehead atoms. The topological polar surface area (TPSA) is 72.0 Å². The number of rotatable bonds is 7. The Hall–Kier alpha value is -2.18. The van der Waals surface area contributed by atoms with Gasteiger partial charge in [0.2, 0.25) is 0 Å². The number of nitrogens with one attached hydrogen (secondary N) is 1. The number of esters is 1. The van der Waals surface area contributed by atoms with Crippen molar-refractivity contribution < 1.29 is 19.6 Å². The number of thiophene rings is 1. The molecule has 144 valence electrons. The Morgan fingerprint density at radius 2 is 1.96 bits per heavy atom. The average Bonchev–Trinajstić information content (AvgIpc) is 3.04. The number of nitrogens with two attached hydrogens (primary N) is 1. The lowest BCUT2D eigenvalue weighted by atomic mass is 9.95. The average molecular weight is 388 g/mol. The minimum atomic E-state index is -0.325. The summed E-state index contributed by atoms with van der Waals surface area (Å²) >= 11 is 1.53. The van der Waals surface area contributed by atoms with Crippen LogP contribution in [-0.2, 0) is 22.4 Å². The molecule has 1 atom stereocenters. The van der Waals surface area contributed by atoms with Crippen LogP contribution in [0.1, 0.15) is 59.1 Å². The lowest BCUT2D eigenvalue weighted by molar-refractivity contribution is -0.682. The third-order valence-corrected chi connectivity index (χ3v) is 6.09. The molecule has 2 aromatic rings. The zero-order chi connectivity index (χ0) is 19.2. The first-order chi connectivity index (χ1) is 13.1. The highest BCUT2D eigenvalue weighted by Crippen LogP contribution is 2.38. The maximum atomic E-state index is 12.5. The molecule has 0 unspecified atom stereocenters. The summed E-state index contributed by atoms with van der Waals surface area (Å²) in [7, 11) is 0. The maximum absolute atomic E-state index is 12.5. The largest absolute Gasteiger partial charge is 0.462 e. The van der Waals surface area contributed by atoms with Gasteiger partial charge in [0.1, 0.15) is 11.0 Å². The van der Waals surface area contributed by atoms with E-state index >= 15 is 0 Å². The number of ether oxygens (including phenoxy) is 1. The highest BCUT2D eigenvalue weighted by Gasteiger charge is 2.27. The second kappa shape index (κ2) is 9.15. The Kier molecular flexibility index (Phi) is 6.63. The molecule has 1 amide bonds. The van der Waals surface area contributed by atoms with E-state index in [0.29, 0.717) is 23.7 Å². The summed E-state index contributed by atoms with van der Waals surface area (Å²) in [6.45, 7) is 4.52. The quantitative estimate of drug-likeness (QED) is 0.717. The Labute approximate surface area is 164 Å². The van der Waals surface area contributed by atoms with Gasteiger partial charge in [-0.3, -0.25) is 4.79 Å². The van der Waals surface area contributed by atoms with E-state index in [1.807, 2.05) is 23.5 Å². The number of hydrogen-bond donors (Lipinski definition) is 2. The molecule has 0 radical (unpaired) electrons. The fourth-order valence-electron chi connectivity index (χ4n) is 3.43. The van der Waals surface area contributed by atoms with Gasteiger partial charge in [-0.2, -0.15) is 0 Å². The van der Waals surface area contributed by atoms with Crippen LogP contribution in [0.5, 0.6) is 0 Å². The first-order valence-corrected chi connectivity index (χ1v) is 10.4. The molecule has 5 nitrogen and oxygen atoms in total. The normalized spacial score (nSPS) is 14.3. The van der Waals surface area contributed by atoms with Gasteiger partial charge >= 0.3 is 5.97 Å². The summed E-state index contributed by atoms with van der Waals surface area (Å²) in [5.41, 5.74) is 2.83. The van der Waals surface area contributed by atoms with Crippen LogP contribution in [0.15, 0.2) is 30.3 Å². The maximum Gasteiger partial charge on any atom is 0.341 e. The first kappa shape index (κ1) is 19.6. The monoisotopic (exact) mass is 387 g/mol. The molecule has 27 heavy (non-hydrogen) atoms. The van der Waals surface area contributed by atoms with Crippen LogP contribution in [0, 0.1) is 0 Å². The van der Waals surface area contributed by atoms with Crippen LogP contribution in [0.3, 0.4) is 0 Å². The summed E-state index contributed by atoms with van der Waals surface area (Å²) in [5, 5.41) is 5.61. The molecule has 3 N–H and O–H groups in total. The SMILES string of the molecule is CCOC(=O)c1c(NC(=O)C[NH2+][C@H](C)c2ccccc2)sc2c1CCCC2. The van der Waals surface area contributed by atoms with Crippen molar-refractivity contribution in [3.8, 4) is 0 Å². The van der Waals surface area contributed by atoms with Gasteiger partial charge in [0.15, 0.2) is 6.54 Å². The predicted molar refractivity (Wildman–Crippen MR) is 107 cm³/mol. The molecule has 3 rings (SSSR count). The fraction of sp³-hybridized carbons (Fsp3) is 0.429. The van der Waals surface area contributed by atoms with E-state index in [1.165, 1.54) is 21.8 Å². The number of aryl methyl sites for hydroxylation is 1. The van der Waals surface area contributed by atoms with Gasteiger partial charge in [-0.1, -0.05) is 30.3 Å². The van der Waals surface area contributed by atoms with Crippen LogP contribution in [0.25, 0.3) is 0 Å². The molecule has 1 aromatic heterocycles. The Morgan fingerprint density at radius 1 is 1.22 bits per heavy atom. The van der Waals surface area contributed by atoms with Crippen molar-refractivity contribution in [1.82, 2.24) is 0 Å². The van der Waals surface area contributed by atoms with E-state index in [0.717, 1.165) is 31.2 Å². The smallest absolute Gasteiger partial charge is 0.341 e. The number of fused-ring (bicyclic) bond motifs is 1. The number of carbonyl (C=O) groups is 2. The van der Waals surface area contributed by atoms with Crippen molar-refractivity contribution in [2.75, 3.05) is 18.5 Å². The van der Waals surface area contributed by atoms with Crippen molar-refractivity contribution in [2.45, 2.75) is 45.6 Å². The number of anilines is 1. The molecule has 1 aliphatic rings. The lowest BCUT2D eigenvalue weighted by Crippen LogP contribution is -2.86. The molecule has 0 aliphatic heterocycles. The van der Waals surface area contributed by atoms with E-state index in [2.05, 4.69) is 24.4 Å². The number of carbonyl (C=O) groups excluding carboxylic acids is 2. The number of quaternary nitrogens is 1. The second-order valence-electron chi connectivity index (χ2n) is 6.82. The summed E-state index contributed by atoms with van der Waals surface area (Å²) in [4.78, 5) is 26.2. The molecular weight excluding hydrogens is 360 g/mol. The zero-order valence-electron chi connectivity index (χ0n) is 15.9. The summed E-state index contributed by atoms with van der Waals surface area (Å²) in [5.74, 6) is -0.421. The zero-order valence-corrected chi connectivity index (χ0v) is 16.7. The Bertz CT molecular complexity index is 801. The van der Waals surface area contributed by atoms with Crippen molar-refractivity contribution in [3.05, 3.63) is 51.9 Å². The van der Waals surface area contributed by atoms with Crippen LogP contribution < -0.4 is 10.6 Å². The number of hydrogen-bond acceptors (Lipinski definition) is 4. The standard InChI is InChI=1S/C21H26N2O3S/c1-3-26-21(25)19-16-11-7-8-12-17(16)27-20(19)23-18(24)13-22-14(2)15-9-5-4-6-10-15/h4-6,9-10,14,22H,3,7-8,11-13H2,1-2H3,(H,23,24)/p+1/t14-/m1/s1. The molecule has 1 aliphatic carbocycles. The van der Waals surface area contributed by atoms with E-state index in [1.54, 1.807) is 6.92 Å². The number of amides is 1. The van der Waals surface area contributed by atoms with Crippen molar-refractivity contribution in [1.29, 1.82) is 0 Å². The van der Waals surface area contributed by atoms with Gasteiger partial charge in [0, 0.05) is 10.4 Å². The Morgan fingerprint density at radius 3 is 2.70 bits per heavy atom. The van der Waals surface area contributed by atoms with Gasteiger partial charge in [0.05, 0.1) is 12.2 Å². The van der Waals surface area contributed by atoms with E-state index in [-0.39, 0.29) is 17.9 Å². The van der Waals surface area contributed by atoms with Crippen LogP contribution >= 0.6 is 11.3 Å². The summed E-state index contributed by atoms with van der Waals surface area (Å²) in [6, 6.07) is 10.3. The molecule has 1 aromatic carbocycles. The molecule has 0 spiro atoms. The van der Waals surface area contributed by atoms with Gasteiger partial charge in [-0.15, -0.1) is 11.3 Å². The molecule has 0 fully saturated rings. The summed E-state index contributed by atoms with van der Waals surface area (Å²) < 4.78 is 5.24. The first-order valence-electron chi connectivity index (χ1n) is 9.60. The van der Waals surface area contributed by atoms with Crippen molar-refractivity contribution in [3.63, 3.8) is 0 Å². The minimum absolute atomic E-state index is 0.0954. The van der Waals surface area contributed by atoms with Crippen molar-refractivity contribution in [2.24, 2.45) is 0 Å². The number of benzene rings is 1. The van der Waals surface area contributed by atoms with Crippen LogP contribution in [-0.4, -0.2) is 25.0 Å². The van der Waals surface area contributed by atoms with Gasteiger partial charge < -0.3 is 15.4 Å². The minimum Gasteiger partial charge on any atom is -0.462 e. The second-order valence-corrected chi connectivity index (χ2v) is 7.93. The molecule has 0 saturated carbocycles. The molecule has 6 heteroatoms. The molecular formula is C21H27N2O3S+. The molecule has 0 saturated heterocycles. The summed E-state index contributed by atoms with van der Waals surface area (Å²) in [6.07, 6.45) is 4.06.